The van der Waals surface area contributed by atoms with Crippen LogP contribution >= 0.6 is 0 Å². The normalized spacial score (nSPS) is 14.9. The number of hydrogen-bond acceptors (Lipinski definition) is 7. The van der Waals surface area contributed by atoms with Crippen LogP contribution in [0.15, 0.2) is 18.3 Å². The SMILES string of the molecule is COc1ncc(Nc2nc(N[C@@H](C3CC3)[C@H](C)NC(=O)O)c(F)cc2C#N)cc1F. The van der Waals surface area contributed by atoms with Gasteiger partial charge in [0, 0.05) is 12.1 Å². The molecule has 1 saturated carbocycles. The first-order valence-corrected chi connectivity index (χ1v) is 9.15. The molecule has 0 aromatic carbocycles. The van der Waals surface area contributed by atoms with E-state index in [0.717, 1.165) is 25.0 Å². The van der Waals surface area contributed by atoms with Crippen LogP contribution in [0.4, 0.5) is 30.9 Å². The summed E-state index contributed by atoms with van der Waals surface area (Å²) in [5.41, 5.74) is 0.100. The Morgan fingerprint density at radius 3 is 2.63 bits per heavy atom. The fraction of sp³-hybridized carbons (Fsp3) is 0.368. The van der Waals surface area contributed by atoms with E-state index in [1.54, 1.807) is 6.92 Å². The highest BCUT2D eigenvalue weighted by atomic mass is 19.1. The summed E-state index contributed by atoms with van der Waals surface area (Å²) in [5.74, 6) is -1.65. The molecule has 1 fully saturated rings. The van der Waals surface area contributed by atoms with Gasteiger partial charge in [-0.05, 0) is 31.7 Å². The number of nitrogens with one attached hydrogen (secondary N) is 3. The summed E-state index contributed by atoms with van der Waals surface area (Å²) in [4.78, 5) is 18.9. The third kappa shape index (κ3) is 4.83. The van der Waals surface area contributed by atoms with Crippen molar-refractivity contribution in [1.82, 2.24) is 15.3 Å². The molecule has 0 saturated heterocycles. The monoisotopic (exact) mass is 418 g/mol. The highest BCUT2D eigenvalue weighted by molar-refractivity contribution is 5.66. The predicted octanol–water partition coefficient (Wildman–Crippen LogP) is 3.23. The Kier molecular flexibility index (Phi) is 6.15. The van der Waals surface area contributed by atoms with Gasteiger partial charge in [-0.3, -0.25) is 0 Å². The second-order valence-electron chi connectivity index (χ2n) is 6.91. The molecule has 2 aromatic rings. The van der Waals surface area contributed by atoms with E-state index in [0.29, 0.717) is 0 Å². The largest absolute Gasteiger partial charge is 0.479 e. The highest BCUT2D eigenvalue weighted by Crippen LogP contribution is 2.36. The van der Waals surface area contributed by atoms with Crippen molar-refractivity contribution in [3.63, 3.8) is 0 Å². The topological polar surface area (TPSA) is 132 Å². The Hall–Kier alpha value is -3.68. The molecule has 3 rings (SSSR count). The number of nitriles is 1. The molecule has 2 aromatic heterocycles. The maximum atomic E-state index is 14.6. The molecule has 4 N–H and O–H groups in total. The number of anilines is 3. The molecule has 2 atom stereocenters. The van der Waals surface area contributed by atoms with Gasteiger partial charge in [0.1, 0.15) is 6.07 Å². The van der Waals surface area contributed by atoms with Crippen molar-refractivity contribution < 1.29 is 23.4 Å². The molecule has 9 nitrogen and oxygen atoms in total. The zero-order chi connectivity index (χ0) is 21.8. The molecule has 0 radical (unpaired) electrons. The molecule has 1 aliphatic carbocycles. The first kappa shape index (κ1) is 21.0. The first-order valence-electron chi connectivity index (χ1n) is 9.15. The van der Waals surface area contributed by atoms with E-state index in [4.69, 9.17) is 9.84 Å². The van der Waals surface area contributed by atoms with Gasteiger partial charge in [-0.25, -0.2) is 23.5 Å². The summed E-state index contributed by atoms with van der Waals surface area (Å²) < 4.78 is 33.2. The van der Waals surface area contributed by atoms with E-state index < -0.39 is 23.8 Å². The molecule has 0 aliphatic heterocycles. The number of nitrogens with zero attached hydrogens (tertiary/aromatic N) is 3. The Labute approximate surface area is 171 Å². The summed E-state index contributed by atoms with van der Waals surface area (Å²) in [6.07, 6.45) is 1.86. The van der Waals surface area contributed by atoms with Gasteiger partial charge in [-0.1, -0.05) is 0 Å². The van der Waals surface area contributed by atoms with Crippen LogP contribution in [-0.4, -0.2) is 40.4 Å². The number of aromatic nitrogens is 2. The smallest absolute Gasteiger partial charge is 0.404 e. The van der Waals surface area contributed by atoms with Gasteiger partial charge in [-0.2, -0.15) is 5.26 Å². The molecule has 158 valence electrons. The minimum Gasteiger partial charge on any atom is -0.479 e. The molecule has 0 bridgehead atoms. The average molecular weight is 418 g/mol. The Bertz CT molecular complexity index is 993. The minimum atomic E-state index is -1.18. The number of hydrogen-bond donors (Lipinski definition) is 4. The fourth-order valence-corrected chi connectivity index (χ4v) is 3.10. The van der Waals surface area contributed by atoms with Gasteiger partial charge < -0.3 is 25.8 Å². The zero-order valence-electron chi connectivity index (χ0n) is 16.2. The van der Waals surface area contributed by atoms with Crippen LogP contribution in [0.3, 0.4) is 0 Å². The fourth-order valence-electron chi connectivity index (χ4n) is 3.10. The van der Waals surface area contributed by atoms with E-state index in [1.165, 1.54) is 13.3 Å². The van der Waals surface area contributed by atoms with Crippen LogP contribution in [0.25, 0.3) is 0 Å². The second kappa shape index (κ2) is 8.77. The van der Waals surface area contributed by atoms with Crippen molar-refractivity contribution in [2.75, 3.05) is 17.7 Å². The maximum Gasteiger partial charge on any atom is 0.404 e. The van der Waals surface area contributed by atoms with Crippen LogP contribution in [0.5, 0.6) is 5.88 Å². The Balaban J connectivity index is 1.88. The van der Waals surface area contributed by atoms with Crippen molar-refractivity contribution in [2.45, 2.75) is 31.8 Å². The number of methoxy groups -OCH3 is 1. The predicted molar refractivity (Wildman–Crippen MR) is 104 cm³/mol. The lowest BCUT2D eigenvalue weighted by atomic mass is 10.0. The number of amides is 1. The standard InChI is InChI=1S/C19H20F2N6O3/c1-9(24-19(28)29)15(10-3-4-10)26-17-13(20)5-11(7-22)16(27-17)25-12-6-14(21)18(30-2)23-8-12/h5-6,8-10,15,24H,3-4H2,1-2H3,(H,28,29)(H2,25,26,27)/t9-,15+/m0/s1. The number of pyridine rings is 2. The molecule has 1 aliphatic rings. The van der Waals surface area contributed by atoms with Gasteiger partial charge in [0.15, 0.2) is 23.3 Å². The molecular formula is C19H20F2N6O3. The number of carbonyl (C=O) groups is 1. The van der Waals surface area contributed by atoms with Gasteiger partial charge in [0.25, 0.3) is 0 Å². The third-order valence-electron chi connectivity index (χ3n) is 4.68. The summed E-state index contributed by atoms with van der Waals surface area (Å²) in [7, 11) is 1.28. The van der Waals surface area contributed by atoms with E-state index in [2.05, 4.69) is 25.9 Å². The minimum absolute atomic E-state index is 0.00107. The van der Waals surface area contributed by atoms with E-state index in [-0.39, 0.29) is 40.7 Å². The van der Waals surface area contributed by atoms with Gasteiger partial charge in [0.05, 0.1) is 30.6 Å². The molecule has 0 spiro atoms. The van der Waals surface area contributed by atoms with E-state index >= 15 is 0 Å². The lowest BCUT2D eigenvalue weighted by Crippen LogP contribution is -2.45. The van der Waals surface area contributed by atoms with Gasteiger partial charge in [-0.15, -0.1) is 0 Å². The quantitative estimate of drug-likeness (QED) is 0.514. The van der Waals surface area contributed by atoms with Crippen molar-refractivity contribution in [1.29, 1.82) is 5.26 Å². The van der Waals surface area contributed by atoms with Crippen molar-refractivity contribution in [2.24, 2.45) is 5.92 Å². The lowest BCUT2D eigenvalue weighted by molar-refractivity contribution is 0.188. The molecule has 11 heteroatoms. The average Bonchev–Trinajstić information content (AvgIpc) is 3.52. The summed E-state index contributed by atoms with van der Waals surface area (Å²) in [5, 5.41) is 26.4. The molecule has 0 unspecified atom stereocenters. The van der Waals surface area contributed by atoms with Crippen LogP contribution in [0.2, 0.25) is 0 Å². The van der Waals surface area contributed by atoms with E-state index in [1.807, 2.05) is 6.07 Å². The summed E-state index contributed by atoms with van der Waals surface area (Å²) in [6.45, 7) is 1.68. The number of carboxylic acid groups (broad SMARTS) is 1. The molecule has 30 heavy (non-hydrogen) atoms. The van der Waals surface area contributed by atoms with Gasteiger partial charge >= 0.3 is 6.09 Å². The molecular weight excluding hydrogens is 398 g/mol. The van der Waals surface area contributed by atoms with Crippen molar-refractivity contribution in [3.05, 3.63) is 35.5 Å². The highest BCUT2D eigenvalue weighted by Gasteiger charge is 2.36. The number of halogens is 2. The Morgan fingerprint density at radius 2 is 2.07 bits per heavy atom. The number of rotatable bonds is 8. The lowest BCUT2D eigenvalue weighted by Gasteiger charge is -2.26. The van der Waals surface area contributed by atoms with Crippen LogP contribution in [0.1, 0.15) is 25.3 Å². The van der Waals surface area contributed by atoms with Crippen LogP contribution < -0.4 is 20.7 Å². The molecule has 2 heterocycles. The summed E-state index contributed by atoms with van der Waals surface area (Å²) >= 11 is 0. The van der Waals surface area contributed by atoms with Crippen LogP contribution in [0, 0.1) is 28.9 Å². The third-order valence-corrected chi connectivity index (χ3v) is 4.68. The first-order chi connectivity index (χ1) is 14.3. The van der Waals surface area contributed by atoms with Gasteiger partial charge in [0.2, 0.25) is 5.88 Å². The van der Waals surface area contributed by atoms with E-state index in [9.17, 15) is 18.8 Å². The Morgan fingerprint density at radius 1 is 1.33 bits per heavy atom. The maximum absolute atomic E-state index is 14.6. The number of ether oxygens (including phenoxy) is 1. The second-order valence-corrected chi connectivity index (χ2v) is 6.91. The van der Waals surface area contributed by atoms with Crippen molar-refractivity contribution >= 4 is 23.4 Å². The van der Waals surface area contributed by atoms with Crippen molar-refractivity contribution in [3.8, 4) is 11.9 Å². The summed E-state index contributed by atoms with van der Waals surface area (Å²) in [6, 6.07) is 3.07. The van der Waals surface area contributed by atoms with Crippen LogP contribution in [-0.2, 0) is 0 Å². The molecule has 1 amide bonds. The zero-order valence-corrected chi connectivity index (χ0v) is 16.2.